The molecule has 1 amide bonds. The van der Waals surface area contributed by atoms with Crippen LogP contribution in [0.3, 0.4) is 0 Å². The molecule has 0 fully saturated rings. The van der Waals surface area contributed by atoms with Crippen LogP contribution in [-0.4, -0.2) is 10.5 Å². The molecule has 0 N–H and O–H groups in total. The Kier molecular flexibility index (Phi) is 4.84. The second-order valence-electron chi connectivity index (χ2n) is 9.23. The zero-order valence-corrected chi connectivity index (χ0v) is 19.4. The minimum absolute atomic E-state index is 0.0606. The number of fused-ring (bicyclic) bond motifs is 2. The van der Waals surface area contributed by atoms with Gasteiger partial charge in [-0.25, -0.2) is 0 Å². The molecule has 1 aliphatic heterocycles. The van der Waals surface area contributed by atoms with Crippen LogP contribution < -0.4 is 4.90 Å². The second kappa shape index (κ2) is 8.03. The highest BCUT2D eigenvalue weighted by molar-refractivity contribution is 6.12. The standard InChI is InChI=1S/C31H26N2O/c1-21-16-22(2)18-24(17-21)33-30(26-13-6-7-14-27(26)31(33)34)28-20-32(19-23-10-4-3-5-11-23)29-15-9-8-12-25(28)29/h3-18,20,30H,19H2,1-2H3. The maximum atomic E-state index is 13.8. The van der Waals surface area contributed by atoms with Gasteiger partial charge in [-0.15, -0.1) is 0 Å². The van der Waals surface area contributed by atoms with Gasteiger partial charge < -0.3 is 4.57 Å². The third kappa shape index (κ3) is 3.32. The van der Waals surface area contributed by atoms with Crippen LogP contribution in [0.25, 0.3) is 10.9 Å². The monoisotopic (exact) mass is 442 g/mol. The number of anilines is 1. The molecule has 1 unspecified atom stereocenters. The van der Waals surface area contributed by atoms with E-state index in [0.717, 1.165) is 40.0 Å². The summed E-state index contributed by atoms with van der Waals surface area (Å²) >= 11 is 0. The van der Waals surface area contributed by atoms with E-state index < -0.39 is 0 Å². The highest BCUT2D eigenvalue weighted by atomic mass is 16.2. The summed E-state index contributed by atoms with van der Waals surface area (Å²) in [7, 11) is 0. The van der Waals surface area contributed by atoms with E-state index >= 15 is 0 Å². The number of rotatable bonds is 4. The SMILES string of the molecule is Cc1cc(C)cc(N2C(=O)c3ccccc3C2c2cn(Cc3ccccc3)c3ccccc23)c1. The molecule has 5 aromatic rings. The van der Waals surface area contributed by atoms with Gasteiger partial charge in [-0.05, 0) is 60.4 Å². The van der Waals surface area contributed by atoms with E-state index in [-0.39, 0.29) is 11.9 Å². The van der Waals surface area contributed by atoms with Gasteiger partial charge in [-0.3, -0.25) is 9.69 Å². The quantitative estimate of drug-likeness (QED) is 0.293. The lowest BCUT2D eigenvalue weighted by molar-refractivity contribution is 0.0993. The highest BCUT2D eigenvalue weighted by Gasteiger charge is 2.40. The lowest BCUT2D eigenvalue weighted by Gasteiger charge is -2.26. The lowest BCUT2D eigenvalue weighted by Crippen LogP contribution is -2.28. The first kappa shape index (κ1) is 20.5. The maximum Gasteiger partial charge on any atom is 0.259 e. The predicted molar refractivity (Wildman–Crippen MR) is 138 cm³/mol. The summed E-state index contributed by atoms with van der Waals surface area (Å²) < 4.78 is 2.31. The molecule has 2 heterocycles. The van der Waals surface area contributed by atoms with E-state index in [1.807, 2.05) is 29.2 Å². The van der Waals surface area contributed by atoms with Gasteiger partial charge in [-0.1, -0.05) is 72.8 Å². The van der Waals surface area contributed by atoms with Crippen LogP contribution >= 0.6 is 0 Å². The van der Waals surface area contributed by atoms with Crippen molar-refractivity contribution in [1.29, 1.82) is 0 Å². The molecule has 6 rings (SSSR count). The molecule has 0 spiro atoms. The van der Waals surface area contributed by atoms with Gasteiger partial charge in [0.1, 0.15) is 0 Å². The first-order chi connectivity index (χ1) is 16.6. The molecule has 1 aromatic heterocycles. The number of amides is 1. The van der Waals surface area contributed by atoms with E-state index in [4.69, 9.17) is 0 Å². The van der Waals surface area contributed by atoms with Gasteiger partial charge in [-0.2, -0.15) is 0 Å². The summed E-state index contributed by atoms with van der Waals surface area (Å²) in [6.45, 7) is 4.96. The third-order valence-corrected chi connectivity index (χ3v) is 6.76. The van der Waals surface area contributed by atoms with Gasteiger partial charge in [0.05, 0.1) is 6.04 Å². The van der Waals surface area contributed by atoms with Crippen LogP contribution in [0, 0.1) is 13.8 Å². The minimum Gasteiger partial charge on any atom is -0.343 e. The van der Waals surface area contributed by atoms with Crippen LogP contribution in [0.5, 0.6) is 0 Å². The predicted octanol–water partition coefficient (Wildman–Crippen LogP) is 7.06. The fraction of sp³-hybridized carbons (Fsp3) is 0.129. The van der Waals surface area contributed by atoms with Crippen LogP contribution in [0.15, 0.2) is 103 Å². The van der Waals surface area contributed by atoms with Crippen molar-refractivity contribution >= 4 is 22.5 Å². The number of hydrogen-bond donors (Lipinski definition) is 0. The minimum atomic E-state index is -0.174. The molecule has 1 atom stereocenters. The topological polar surface area (TPSA) is 25.2 Å². The number of carbonyl (C=O) groups excluding carboxylic acids is 1. The third-order valence-electron chi connectivity index (χ3n) is 6.76. The fourth-order valence-electron chi connectivity index (χ4n) is 5.38. The molecule has 1 aliphatic rings. The van der Waals surface area contributed by atoms with Gasteiger partial charge in [0.15, 0.2) is 0 Å². The summed E-state index contributed by atoms with van der Waals surface area (Å²) in [5.74, 6) is 0.0606. The van der Waals surface area contributed by atoms with E-state index in [9.17, 15) is 4.79 Å². The molecule has 3 heteroatoms. The number of nitrogens with zero attached hydrogens (tertiary/aromatic N) is 2. The number of aromatic nitrogens is 1. The Morgan fingerprint density at radius 1 is 0.735 bits per heavy atom. The van der Waals surface area contributed by atoms with Crippen molar-refractivity contribution in [2.45, 2.75) is 26.4 Å². The molecule has 3 nitrogen and oxygen atoms in total. The van der Waals surface area contributed by atoms with Crippen molar-refractivity contribution in [3.8, 4) is 0 Å². The van der Waals surface area contributed by atoms with Crippen molar-refractivity contribution in [2.75, 3.05) is 4.90 Å². The van der Waals surface area contributed by atoms with Gasteiger partial charge >= 0.3 is 0 Å². The summed E-state index contributed by atoms with van der Waals surface area (Å²) in [4.78, 5) is 15.7. The van der Waals surface area contributed by atoms with Crippen molar-refractivity contribution in [2.24, 2.45) is 0 Å². The van der Waals surface area contributed by atoms with Crippen LogP contribution in [0.4, 0.5) is 5.69 Å². The number of hydrogen-bond acceptors (Lipinski definition) is 1. The van der Waals surface area contributed by atoms with E-state index in [0.29, 0.717) is 0 Å². The molecule has 34 heavy (non-hydrogen) atoms. The Balaban J connectivity index is 1.57. The Morgan fingerprint density at radius 2 is 1.41 bits per heavy atom. The molecule has 166 valence electrons. The van der Waals surface area contributed by atoms with E-state index in [1.165, 1.54) is 16.5 Å². The van der Waals surface area contributed by atoms with Crippen molar-refractivity contribution < 1.29 is 4.79 Å². The lowest BCUT2D eigenvalue weighted by atomic mass is 9.97. The maximum absolute atomic E-state index is 13.8. The summed E-state index contributed by atoms with van der Waals surface area (Å²) in [5, 5.41) is 1.18. The molecule has 0 saturated heterocycles. The zero-order valence-electron chi connectivity index (χ0n) is 19.4. The Labute approximate surface area is 199 Å². The van der Waals surface area contributed by atoms with Crippen LogP contribution in [0.2, 0.25) is 0 Å². The largest absolute Gasteiger partial charge is 0.343 e. The summed E-state index contributed by atoms with van der Waals surface area (Å²) in [6, 6.07) is 33.3. The van der Waals surface area contributed by atoms with Crippen LogP contribution in [0.1, 0.15) is 44.2 Å². The smallest absolute Gasteiger partial charge is 0.259 e. The first-order valence-electron chi connectivity index (χ1n) is 11.7. The first-order valence-corrected chi connectivity index (χ1v) is 11.7. The number of benzene rings is 4. The molecule has 0 radical (unpaired) electrons. The molecule has 0 aliphatic carbocycles. The summed E-state index contributed by atoms with van der Waals surface area (Å²) in [5.41, 5.74) is 8.70. The molecular weight excluding hydrogens is 416 g/mol. The summed E-state index contributed by atoms with van der Waals surface area (Å²) in [6.07, 6.45) is 2.24. The van der Waals surface area contributed by atoms with E-state index in [2.05, 4.69) is 97.4 Å². The average Bonchev–Trinajstić information content (AvgIpc) is 3.34. The normalized spacial score (nSPS) is 15.2. The number of carbonyl (C=O) groups is 1. The molecule has 4 aromatic carbocycles. The molecule has 0 bridgehead atoms. The van der Waals surface area contributed by atoms with Gasteiger partial charge in [0.2, 0.25) is 0 Å². The second-order valence-corrected chi connectivity index (χ2v) is 9.23. The Morgan fingerprint density at radius 3 is 2.21 bits per heavy atom. The van der Waals surface area contributed by atoms with Crippen LogP contribution in [-0.2, 0) is 6.54 Å². The fourth-order valence-corrected chi connectivity index (χ4v) is 5.38. The van der Waals surface area contributed by atoms with Crippen molar-refractivity contribution in [3.63, 3.8) is 0 Å². The zero-order chi connectivity index (χ0) is 23.2. The number of aryl methyl sites for hydroxylation is 2. The molecule has 0 saturated carbocycles. The number of para-hydroxylation sites is 1. The molecular formula is C31H26N2O. The van der Waals surface area contributed by atoms with E-state index in [1.54, 1.807) is 0 Å². The highest BCUT2D eigenvalue weighted by Crippen LogP contribution is 2.44. The Bertz CT molecular complexity index is 1510. The van der Waals surface area contributed by atoms with Crippen molar-refractivity contribution in [1.82, 2.24) is 4.57 Å². The van der Waals surface area contributed by atoms with Crippen molar-refractivity contribution in [3.05, 3.63) is 137 Å². The average molecular weight is 443 g/mol. The Hall–Kier alpha value is -4.11. The van der Waals surface area contributed by atoms with Gasteiger partial charge in [0, 0.05) is 40.5 Å². The van der Waals surface area contributed by atoms with Gasteiger partial charge in [0.25, 0.3) is 5.91 Å².